The maximum Gasteiger partial charge on any atom is 0.201 e. The minimum Gasteiger partial charge on any atom is -0.490 e. The summed E-state index contributed by atoms with van der Waals surface area (Å²) in [5.41, 5.74) is 7.67. The van der Waals surface area contributed by atoms with Crippen LogP contribution in [0.4, 0.5) is 0 Å². The van der Waals surface area contributed by atoms with Gasteiger partial charge in [-0.25, -0.2) is 0 Å². The highest BCUT2D eigenvalue weighted by molar-refractivity contribution is 5.95. The van der Waals surface area contributed by atoms with Crippen LogP contribution in [0.3, 0.4) is 0 Å². The van der Waals surface area contributed by atoms with Crippen LogP contribution in [0.5, 0.6) is 0 Å². The van der Waals surface area contributed by atoms with E-state index in [1.54, 1.807) is 0 Å². The molecule has 1 aliphatic heterocycles. The van der Waals surface area contributed by atoms with Crippen molar-refractivity contribution in [2.75, 3.05) is 6.61 Å². The van der Waals surface area contributed by atoms with Gasteiger partial charge in [-0.3, -0.25) is 4.79 Å². The van der Waals surface area contributed by atoms with Crippen molar-refractivity contribution in [3.05, 3.63) is 47.2 Å². The van der Waals surface area contributed by atoms with Crippen molar-refractivity contribution in [3.63, 3.8) is 0 Å². The maximum absolute atomic E-state index is 12.0. The normalized spacial score (nSPS) is 15.0. The second-order valence-electron chi connectivity index (χ2n) is 4.13. The van der Waals surface area contributed by atoms with Crippen molar-refractivity contribution >= 4 is 5.78 Å². The summed E-state index contributed by atoms with van der Waals surface area (Å²) < 4.78 is 5.37. The largest absolute Gasteiger partial charge is 0.490 e. The van der Waals surface area contributed by atoms with E-state index in [9.17, 15) is 4.79 Å². The fourth-order valence-corrected chi connectivity index (χ4v) is 1.94. The average Bonchev–Trinajstić information content (AvgIpc) is 2.40. The van der Waals surface area contributed by atoms with Crippen LogP contribution in [0.15, 0.2) is 36.1 Å². The van der Waals surface area contributed by atoms with Crippen LogP contribution >= 0.6 is 0 Å². The quantitative estimate of drug-likeness (QED) is 0.861. The lowest BCUT2D eigenvalue weighted by Crippen LogP contribution is -2.14. The van der Waals surface area contributed by atoms with Crippen molar-refractivity contribution in [1.29, 1.82) is 0 Å². The number of ketones is 1. The number of nitrogens with two attached hydrogens (primary N) is 1. The minimum absolute atomic E-state index is 0.0469. The minimum atomic E-state index is 0.0469. The molecule has 2 N–H and O–H groups in total. The van der Waals surface area contributed by atoms with Gasteiger partial charge in [-0.15, -0.1) is 0 Å². The van der Waals surface area contributed by atoms with E-state index in [4.69, 9.17) is 10.5 Å². The zero-order chi connectivity index (χ0) is 12.1. The van der Waals surface area contributed by atoms with Gasteiger partial charge in [-0.1, -0.05) is 24.3 Å². The molecule has 0 radical (unpaired) electrons. The molecular weight excluding hydrogens is 214 g/mol. The first-order valence-electron chi connectivity index (χ1n) is 5.94. The highest BCUT2D eigenvalue weighted by Gasteiger charge is 2.15. The Balaban J connectivity index is 2.09. The van der Waals surface area contributed by atoms with E-state index in [1.807, 2.05) is 30.3 Å². The number of hydrogen-bond donors (Lipinski definition) is 1. The number of carbonyl (C=O) groups is 1. The lowest BCUT2D eigenvalue weighted by molar-refractivity contribution is -0.118. The molecule has 1 aromatic rings. The number of rotatable bonds is 4. The molecule has 0 aliphatic carbocycles. The van der Waals surface area contributed by atoms with E-state index in [0.29, 0.717) is 25.3 Å². The van der Waals surface area contributed by atoms with E-state index in [-0.39, 0.29) is 5.78 Å². The van der Waals surface area contributed by atoms with E-state index < -0.39 is 0 Å². The van der Waals surface area contributed by atoms with E-state index >= 15 is 0 Å². The molecule has 90 valence electrons. The summed E-state index contributed by atoms with van der Waals surface area (Å²) in [5, 5.41) is 0. The highest BCUT2D eigenvalue weighted by atomic mass is 16.5. The van der Waals surface area contributed by atoms with Gasteiger partial charge in [0.1, 0.15) is 0 Å². The molecule has 2 rings (SSSR count). The lowest BCUT2D eigenvalue weighted by Gasteiger charge is -2.14. The summed E-state index contributed by atoms with van der Waals surface area (Å²) in [6.07, 6.45) is 4.19. The maximum atomic E-state index is 12.0. The third-order valence-corrected chi connectivity index (χ3v) is 2.90. The van der Waals surface area contributed by atoms with Crippen LogP contribution in [0, 0.1) is 0 Å². The van der Waals surface area contributed by atoms with Gasteiger partial charge in [-0.05, 0) is 30.0 Å². The second-order valence-corrected chi connectivity index (χ2v) is 4.13. The molecule has 0 amide bonds. The molecule has 0 fully saturated rings. The van der Waals surface area contributed by atoms with Crippen LogP contribution in [-0.4, -0.2) is 12.4 Å². The predicted octanol–water partition coefficient (Wildman–Crippen LogP) is 1.95. The third kappa shape index (κ3) is 2.94. The molecule has 17 heavy (non-hydrogen) atoms. The molecule has 3 heteroatoms. The summed E-state index contributed by atoms with van der Waals surface area (Å²) in [7, 11) is 0. The van der Waals surface area contributed by atoms with Gasteiger partial charge in [0.2, 0.25) is 5.78 Å². The van der Waals surface area contributed by atoms with E-state index in [2.05, 4.69) is 0 Å². The molecule has 1 aliphatic rings. The van der Waals surface area contributed by atoms with Crippen molar-refractivity contribution < 1.29 is 9.53 Å². The highest BCUT2D eigenvalue weighted by Crippen LogP contribution is 2.15. The van der Waals surface area contributed by atoms with Crippen molar-refractivity contribution in [2.24, 2.45) is 5.73 Å². The van der Waals surface area contributed by atoms with Gasteiger partial charge >= 0.3 is 0 Å². The zero-order valence-corrected chi connectivity index (χ0v) is 9.82. The summed E-state index contributed by atoms with van der Waals surface area (Å²) in [5.74, 6) is 0.564. The molecule has 0 bridgehead atoms. The number of ether oxygens (including phenoxy) is 1. The number of Topliss-reactive ketones (excluding diaryl/α,β-unsaturated/α-hetero) is 1. The Hall–Kier alpha value is -1.61. The second kappa shape index (κ2) is 5.64. The Morgan fingerprint density at radius 2 is 2.06 bits per heavy atom. The van der Waals surface area contributed by atoms with Gasteiger partial charge in [-0.2, -0.15) is 0 Å². The van der Waals surface area contributed by atoms with Crippen molar-refractivity contribution in [3.8, 4) is 0 Å². The molecule has 0 spiro atoms. The Morgan fingerprint density at radius 1 is 1.29 bits per heavy atom. The molecule has 0 atom stereocenters. The average molecular weight is 231 g/mol. The van der Waals surface area contributed by atoms with Crippen LogP contribution in [0.25, 0.3) is 0 Å². The van der Waals surface area contributed by atoms with Crippen LogP contribution < -0.4 is 5.73 Å². The first kappa shape index (κ1) is 11.9. The molecule has 0 saturated carbocycles. The standard InChI is InChI=1S/C14H17NO2/c15-10-12-6-2-1-5-11(12)9-13(16)14-7-3-4-8-17-14/h1-2,5-7H,3-4,8-10,15H2. The molecular formula is C14H17NO2. The monoisotopic (exact) mass is 231 g/mol. The summed E-state index contributed by atoms with van der Waals surface area (Å²) in [6.45, 7) is 1.11. The third-order valence-electron chi connectivity index (χ3n) is 2.90. The first-order valence-corrected chi connectivity index (χ1v) is 5.94. The Kier molecular flexibility index (Phi) is 3.94. The SMILES string of the molecule is NCc1ccccc1CC(=O)C1=CCCCO1. The Bertz CT molecular complexity index is 438. The van der Waals surface area contributed by atoms with Gasteiger partial charge in [0, 0.05) is 13.0 Å². The van der Waals surface area contributed by atoms with E-state index in [1.165, 1.54) is 0 Å². The van der Waals surface area contributed by atoms with Gasteiger partial charge in [0.25, 0.3) is 0 Å². The van der Waals surface area contributed by atoms with Crippen molar-refractivity contribution in [2.45, 2.75) is 25.8 Å². The van der Waals surface area contributed by atoms with Crippen molar-refractivity contribution in [1.82, 2.24) is 0 Å². The van der Waals surface area contributed by atoms with Gasteiger partial charge < -0.3 is 10.5 Å². The zero-order valence-electron chi connectivity index (χ0n) is 9.82. The summed E-state index contributed by atoms with van der Waals surface area (Å²) in [6, 6.07) is 7.77. The number of carbonyl (C=O) groups excluding carboxylic acids is 1. The molecule has 3 nitrogen and oxygen atoms in total. The first-order chi connectivity index (χ1) is 8.31. The molecule has 0 aromatic heterocycles. The smallest absolute Gasteiger partial charge is 0.201 e. The Morgan fingerprint density at radius 3 is 2.71 bits per heavy atom. The fraction of sp³-hybridized carbons (Fsp3) is 0.357. The molecule has 1 heterocycles. The lowest BCUT2D eigenvalue weighted by atomic mass is 10.0. The topological polar surface area (TPSA) is 52.3 Å². The number of allylic oxidation sites excluding steroid dienone is 2. The molecule has 0 saturated heterocycles. The number of benzene rings is 1. The van der Waals surface area contributed by atoms with E-state index in [0.717, 1.165) is 24.0 Å². The molecule has 1 aromatic carbocycles. The predicted molar refractivity (Wildman–Crippen MR) is 66.3 cm³/mol. The van der Waals surface area contributed by atoms with Gasteiger partial charge in [0.05, 0.1) is 6.61 Å². The molecule has 0 unspecified atom stereocenters. The van der Waals surface area contributed by atoms with Gasteiger partial charge in [0.15, 0.2) is 5.76 Å². The Labute approximate surface area is 101 Å². The summed E-state index contributed by atoms with van der Waals surface area (Å²) >= 11 is 0. The fourth-order valence-electron chi connectivity index (χ4n) is 1.94. The van der Waals surface area contributed by atoms with Crippen LogP contribution in [0.1, 0.15) is 24.0 Å². The van der Waals surface area contributed by atoms with Crippen LogP contribution in [-0.2, 0) is 22.5 Å². The number of hydrogen-bond acceptors (Lipinski definition) is 3. The summed E-state index contributed by atoms with van der Waals surface area (Å²) in [4.78, 5) is 12.0. The van der Waals surface area contributed by atoms with Crippen LogP contribution in [0.2, 0.25) is 0 Å².